The number of hydrogen-bond acceptors (Lipinski definition) is 6. The van der Waals surface area contributed by atoms with Crippen LogP contribution in [0, 0.1) is 15.9 Å². The van der Waals surface area contributed by atoms with Crippen LogP contribution in [0.1, 0.15) is 11.7 Å². The molecule has 21 heavy (non-hydrogen) atoms. The van der Waals surface area contributed by atoms with Gasteiger partial charge in [0.2, 0.25) is 5.82 Å². The van der Waals surface area contributed by atoms with Gasteiger partial charge >= 0.3 is 5.69 Å². The highest BCUT2D eigenvalue weighted by Gasteiger charge is 2.22. The van der Waals surface area contributed by atoms with E-state index in [1.54, 1.807) is 11.4 Å². The van der Waals surface area contributed by atoms with Crippen molar-refractivity contribution >= 4 is 22.7 Å². The Morgan fingerprint density at radius 1 is 1.57 bits per heavy atom. The fraction of sp³-hybridized carbons (Fsp3) is 0.231. The SMILES string of the molecule is COc1cc(F)c([N+](=O)[O-])c(NCC(O)c2ccsc2)c1. The predicted octanol–water partition coefficient (Wildman–Crippen LogP) is 2.95. The second-order valence-electron chi connectivity index (χ2n) is 4.22. The third kappa shape index (κ3) is 3.47. The summed E-state index contributed by atoms with van der Waals surface area (Å²) in [7, 11) is 1.34. The second-order valence-corrected chi connectivity index (χ2v) is 5.00. The number of thiophene rings is 1. The van der Waals surface area contributed by atoms with E-state index in [0.29, 0.717) is 5.56 Å². The summed E-state index contributed by atoms with van der Waals surface area (Å²) < 4.78 is 18.6. The van der Waals surface area contributed by atoms with Gasteiger partial charge in [-0.1, -0.05) is 0 Å². The fourth-order valence-corrected chi connectivity index (χ4v) is 2.51. The molecule has 0 saturated heterocycles. The van der Waals surface area contributed by atoms with E-state index in [1.165, 1.54) is 24.5 Å². The Balaban J connectivity index is 2.22. The number of aliphatic hydroxyl groups excluding tert-OH is 1. The zero-order chi connectivity index (χ0) is 15.4. The highest BCUT2D eigenvalue weighted by molar-refractivity contribution is 7.07. The molecule has 2 aromatic rings. The summed E-state index contributed by atoms with van der Waals surface area (Å²) in [5.74, 6) is -0.836. The molecule has 1 atom stereocenters. The van der Waals surface area contributed by atoms with Gasteiger partial charge in [0.15, 0.2) is 0 Å². The van der Waals surface area contributed by atoms with Crippen molar-refractivity contribution in [2.45, 2.75) is 6.10 Å². The van der Waals surface area contributed by atoms with E-state index >= 15 is 0 Å². The molecule has 8 heteroatoms. The fourth-order valence-electron chi connectivity index (χ4n) is 1.80. The maximum Gasteiger partial charge on any atom is 0.327 e. The van der Waals surface area contributed by atoms with E-state index in [9.17, 15) is 19.6 Å². The van der Waals surface area contributed by atoms with Crippen LogP contribution in [-0.4, -0.2) is 23.7 Å². The Bertz CT molecular complexity index is 633. The molecule has 2 N–H and O–H groups in total. The molecule has 1 unspecified atom stereocenters. The lowest BCUT2D eigenvalue weighted by molar-refractivity contribution is -0.386. The highest BCUT2D eigenvalue weighted by atomic mass is 32.1. The summed E-state index contributed by atoms with van der Waals surface area (Å²) in [6.07, 6.45) is -0.842. The van der Waals surface area contributed by atoms with Crippen molar-refractivity contribution in [3.8, 4) is 5.75 Å². The van der Waals surface area contributed by atoms with Crippen molar-refractivity contribution in [2.24, 2.45) is 0 Å². The Kier molecular flexibility index (Phi) is 4.71. The third-order valence-electron chi connectivity index (χ3n) is 2.87. The number of ether oxygens (including phenoxy) is 1. The van der Waals surface area contributed by atoms with E-state index in [0.717, 1.165) is 6.07 Å². The van der Waals surface area contributed by atoms with Crippen LogP contribution in [0.2, 0.25) is 0 Å². The average Bonchev–Trinajstić information content (AvgIpc) is 2.97. The van der Waals surface area contributed by atoms with Gasteiger partial charge in [-0.3, -0.25) is 10.1 Å². The quantitative estimate of drug-likeness (QED) is 0.633. The van der Waals surface area contributed by atoms with E-state index in [4.69, 9.17) is 4.74 Å². The first-order valence-electron chi connectivity index (χ1n) is 5.99. The number of rotatable bonds is 6. The zero-order valence-corrected chi connectivity index (χ0v) is 11.9. The van der Waals surface area contributed by atoms with E-state index < -0.39 is 22.5 Å². The maximum atomic E-state index is 13.7. The topological polar surface area (TPSA) is 84.6 Å². The number of halogens is 1. The minimum Gasteiger partial charge on any atom is -0.497 e. The van der Waals surface area contributed by atoms with Gasteiger partial charge in [-0.05, 0) is 22.4 Å². The molecule has 0 aliphatic rings. The monoisotopic (exact) mass is 312 g/mol. The van der Waals surface area contributed by atoms with Gasteiger partial charge in [-0.15, -0.1) is 0 Å². The van der Waals surface area contributed by atoms with Crippen LogP contribution >= 0.6 is 11.3 Å². The number of aliphatic hydroxyl groups is 1. The van der Waals surface area contributed by atoms with E-state index in [1.807, 2.05) is 5.38 Å². The molecule has 6 nitrogen and oxygen atoms in total. The first-order chi connectivity index (χ1) is 10.0. The molecule has 112 valence electrons. The van der Waals surface area contributed by atoms with E-state index in [2.05, 4.69) is 5.32 Å². The summed E-state index contributed by atoms with van der Waals surface area (Å²) in [4.78, 5) is 10.1. The highest BCUT2D eigenvalue weighted by Crippen LogP contribution is 2.32. The molecular formula is C13H13FN2O4S. The zero-order valence-electron chi connectivity index (χ0n) is 11.1. The summed E-state index contributed by atoms with van der Waals surface area (Å²) >= 11 is 1.43. The molecule has 0 spiro atoms. The summed E-state index contributed by atoms with van der Waals surface area (Å²) in [6, 6.07) is 4.01. The number of nitro benzene ring substituents is 1. The Hall–Kier alpha value is -2.19. The minimum absolute atomic E-state index is 0.0180. The van der Waals surface area contributed by atoms with Gasteiger partial charge in [0.25, 0.3) is 0 Å². The number of nitro groups is 1. The first kappa shape index (κ1) is 15.2. The lowest BCUT2D eigenvalue weighted by Gasteiger charge is -2.13. The van der Waals surface area contributed by atoms with Crippen molar-refractivity contribution in [1.29, 1.82) is 0 Å². The van der Waals surface area contributed by atoms with Crippen LogP contribution in [0.5, 0.6) is 5.75 Å². The van der Waals surface area contributed by atoms with Gasteiger partial charge in [0.05, 0.1) is 18.1 Å². The molecule has 0 bridgehead atoms. The Labute approximate surface area is 123 Å². The first-order valence-corrected chi connectivity index (χ1v) is 6.93. The van der Waals surface area contributed by atoms with Crippen LogP contribution in [0.4, 0.5) is 15.8 Å². The molecule has 1 aromatic carbocycles. The molecule has 0 aliphatic heterocycles. The molecule has 0 radical (unpaired) electrons. The van der Waals surface area contributed by atoms with Crippen LogP contribution in [0.15, 0.2) is 29.0 Å². The van der Waals surface area contributed by atoms with Crippen molar-refractivity contribution in [2.75, 3.05) is 19.0 Å². The van der Waals surface area contributed by atoms with E-state index in [-0.39, 0.29) is 18.0 Å². The van der Waals surface area contributed by atoms with Crippen molar-refractivity contribution in [1.82, 2.24) is 0 Å². The normalized spacial score (nSPS) is 12.0. The molecular weight excluding hydrogens is 299 g/mol. The standard InChI is InChI=1S/C13H13FN2O4S/c1-20-9-4-10(14)13(16(18)19)11(5-9)15-6-12(17)8-2-3-21-7-8/h2-5,7,12,15,17H,6H2,1H3. The van der Waals surface area contributed by atoms with Gasteiger partial charge in [0, 0.05) is 18.7 Å². The molecule has 0 amide bonds. The van der Waals surface area contributed by atoms with Gasteiger partial charge in [-0.25, -0.2) is 0 Å². The largest absolute Gasteiger partial charge is 0.497 e. The lowest BCUT2D eigenvalue weighted by Crippen LogP contribution is -2.13. The van der Waals surface area contributed by atoms with Crippen molar-refractivity contribution in [3.63, 3.8) is 0 Å². The predicted molar refractivity (Wildman–Crippen MR) is 77.4 cm³/mol. The van der Waals surface area contributed by atoms with Crippen LogP contribution in [-0.2, 0) is 0 Å². The van der Waals surface area contributed by atoms with Crippen molar-refractivity contribution < 1.29 is 19.2 Å². The molecule has 0 aliphatic carbocycles. The average molecular weight is 312 g/mol. The van der Waals surface area contributed by atoms with Crippen molar-refractivity contribution in [3.05, 3.63) is 50.5 Å². The number of benzene rings is 1. The number of nitrogens with one attached hydrogen (secondary N) is 1. The number of nitrogens with zero attached hydrogens (tertiary/aromatic N) is 1. The second kappa shape index (κ2) is 6.51. The number of hydrogen-bond donors (Lipinski definition) is 2. The lowest BCUT2D eigenvalue weighted by atomic mass is 10.2. The third-order valence-corrected chi connectivity index (χ3v) is 3.57. The Morgan fingerprint density at radius 2 is 2.33 bits per heavy atom. The van der Waals surface area contributed by atoms with Gasteiger partial charge in [0.1, 0.15) is 11.4 Å². The molecule has 1 heterocycles. The summed E-state index contributed by atoms with van der Waals surface area (Å²) in [6.45, 7) is 0.0180. The maximum absolute atomic E-state index is 13.7. The summed E-state index contributed by atoms with van der Waals surface area (Å²) in [5, 5.41) is 27.2. The van der Waals surface area contributed by atoms with Crippen LogP contribution in [0.3, 0.4) is 0 Å². The summed E-state index contributed by atoms with van der Waals surface area (Å²) in [5.41, 5.74) is -0.0158. The number of methoxy groups -OCH3 is 1. The molecule has 0 saturated carbocycles. The molecule has 2 rings (SSSR count). The van der Waals surface area contributed by atoms with Crippen LogP contribution in [0.25, 0.3) is 0 Å². The Morgan fingerprint density at radius 3 is 2.90 bits per heavy atom. The van der Waals surface area contributed by atoms with Crippen LogP contribution < -0.4 is 10.1 Å². The van der Waals surface area contributed by atoms with Gasteiger partial charge < -0.3 is 15.2 Å². The molecule has 1 aromatic heterocycles. The minimum atomic E-state index is -0.994. The van der Waals surface area contributed by atoms with Gasteiger partial charge in [-0.2, -0.15) is 15.7 Å². The number of anilines is 1. The smallest absolute Gasteiger partial charge is 0.327 e. The molecule has 0 fully saturated rings.